The zero-order chi connectivity index (χ0) is 12.1. The van der Waals surface area contributed by atoms with Crippen LogP contribution in [0.15, 0.2) is 30.3 Å². The van der Waals surface area contributed by atoms with E-state index in [1.165, 1.54) is 12.0 Å². The number of rotatable bonds is 5. The molecule has 3 heteroatoms. The molecule has 2 unspecified atom stereocenters. The lowest BCUT2D eigenvalue weighted by Gasteiger charge is -2.18. The van der Waals surface area contributed by atoms with Crippen LogP contribution in [0.5, 0.6) is 0 Å². The number of aliphatic hydroxyl groups excluding tert-OH is 1. The van der Waals surface area contributed by atoms with Crippen molar-refractivity contribution in [3.05, 3.63) is 35.9 Å². The fraction of sp³-hybridized carbons (Fsp3) is 0.571. The van der Waals surface area contributed by atoms with Crippen molar-refractivity contribution >= 4 is 0 Å². The molecular weight excluding hydrogens is 212 g/mol. The fourth-order valence-electron chi connectivity index (χ4n) is 2.47. The minimum absolute atomic E-state index is 0.0641. The van der Waals surface area contributed by atoms with E-state index in [1.807, 2.05) is 0 Å². The van der Waals surface area contributed by atoms with E-state index in [1.54, 1.807) is 0 Å². The normalized spacial score (nSPS) is 22.8. The first kappa shape index (κ1) is 12.6. The summed E-state index contributed by atoms with van der Waals surface area (Å²) in [5, 5.41) is 8.90. The van der Waals surface area contributed by atoms with Crippen LogP contribution in [0, 0.1) is 0 Å². The summed E-state index contributed by atoms with van der Waals surface area (Å²) in [5.74, 6) is 0.668. The Labute approximate surface area is 103 Å². The van der Waals surface area contributed by atoms with Gasteiger partial charge in [-0.2, -0.15) is 0 Å². The van der Waals surface area contributed by atoms with E-state index in [0.29, 0.717) is 5.92 Å². The summed E-state index contributed by atoms with van der Waals surface area (Å²) in [5.41, 5.74) is 7.17. The van der Waals surface area contributed by atoms with Gasteiger partial charge in [0.1, 0.15) is 0 Å². The topological polar surface area (TPSA) is 49.5 Å². The lowest BCUT2D eigenvalue weighted by atomic mass is 9.99. The number of hydrogen-bond donors (Lipinski definition) is 2. The Balaban J connectivity index is 1.80. The molecule has 0 aromatic heterocycles. The molecule has 0 aliphatic carbocycles. The zero-order valence-electron chi connectivity index (χ0n) is 10.3. The molecule has 17 heavy (non-hydrogen) atoms. The maximum Gasteiger partial charge on any atom is 0.0583 e. The van der Waals surface area contributed by atoms with Gasteiger partial charge in [-0.25, -0.2) is 0 Å². The molecule has 1 aliphatic rings. The number of nitrogens with two attached hydrogens (primary N) is 1. The Morgan fingerprint density at radius 1 is 1.35 bits per heavy atom. The first-order valence-electron chi connectivity index (χ1n) is 6.43. The highest BCUT2D eigenvalue weighted by atomic mass is 16.3. The van der Waals surface area contributed by atoms with E-state index in [4.69, 9.17) is 10.8 Å². The summed E-state index contributed by atoms with van der Waals surface area (Å²) in [7, 11) is 0. The van der Waals surface area contributed by atoms with Gasteiger partial charge in [-0.1, -0.05) is 30.3 Å². The predicted octanol–water partition coefficient (Wildman–Crippen LogP) is 1.19. The average Bonchev–Trinajstić information content (AvgIpc) is 2.86. The number of hydrogen-bond acceptors (Lipinski definition) is 3. The van der Waals surface area contributed by atoms with Gasteiger partial charge in [0.15, 0.2) is 0 Å². The minimum atomic E-state index is -0.0641. The third-order valence-electron chi connectivity index (χ3n) is 3.59. The Bertz CT molecular complexity index is 328. The summed E-state index contributed by atoms with van der Waals surface area (Å²) >= 11 is 0. The lowest BCUT2D eigenvalue weighted by Crippen LogP contribution is -2.31. The molecule has 0 radical (unpaired) electrons. The Morgan fingerprint density at radius 2 is 2.12 bits per heavy atom. The van der Waals surface area contributed by atoms with E-state index in [-0.39, 0.29) is 12.6 Å². The molecule has 0 bridgehead atoms. The predicted molar refractivity (Wildman–Crippen MR) is 69.9 cm³/mol. The molecule has 1 heterocycles. The second kappa shape index (κ2) is 6.15. The Kier molecular flexibility index (Phi) is 4.54. The van der Waals surface area contributed by atoms with Gasteiger partial charge >= 0.3 is 0 Å². The molecule has 1 fully saturated rings. The van der Waals surface area contributed by atoms with E-state index in [0.717, 1.165) is 26.1 Å². The van der Waals surface area contributed by atoms with Crippen molar-refractivity contribution in [2.75, 3.05) is 26.2 Å². The number of likely N-dealkylation sites (tertiary alicyclic amines) is 1. The quantitative estimate of drug-likeness (QED) is 0.804. The molecule has 3 N–H and O–H groups in total. The van der Waals surface area contributed by atoms with Gasteiger partial charge in [0.05, 0.1) is 6.61 Å². The van der Waals surface area contributed by atoms with E-state index in [2.05, 4.69) is 35.2 Å². The fourth-order valence-corrected chi connectivity index (χ4v) is 2.47. The summed E-state index contributed by atoms with van der Waals surface area (Å²) in [6, 6.07) is 10.7. The molecule has 0 saturated carbocycles. The van der Waals surface area contributed by atoms with Gasteiger partial charge in [-0.05, 0) is 37.4 Å². The summed E-state index contributed by atoms with van der Waals surface area (Å²) < 4.78 is 0. The van der Waals surface area contributed by atoms with Crippen LogP contribution in [0.2, 0.25) is 0 Å². The van der Waals surface area contributed by atoms with Crippen LogP contribution in [0.4, 0.5) is 0 Å². The van der Waals surface area contributed by atoms with Crippen molar-refractivity contribution in [1.29, 1.82) is 0 Å². The minimum Gasteiger partial charge on any atom is -0.395 e. The van der Waals surface area contributed by atoms with Gasteiger partial charge in [0, 0.05) is 12.6 Å². The van der Waals surface area contributed by atoms with Crippen LogP contribution in [0.3, 0.4) is 0 Å². The van der Waals surface area contributed by atoms with Gasteiger partial charge in [-0.3, -0.25) is 0 Å². The molecule has 2 atom stereocenters. The molecule has 3 nitrogen and oxygen atoms in total. The van der Waals surface area contributed by atoms with Crippen molar-refractivity contribution < 1.29 is 5.11 Å². The van der Waals surface area contributed by atoms with E-state index in [9.17, 15) is 0 Å². The van der Waals surface area contributed by atoms with Crippen LogP contribution in [-0.2, 0) is 0 Å². The van der Waals surface area contributed by atoms with Crippen molar-refractivity contribution in [3.8, 4) is 0 Å². The molecule has 2 rings (SSSR count). The third kappa shape index (κ3) is 3.53. The van der Waals surface area contributed by atoms with Gasteiger partial charge in [-0.15, -0.1) is 0 Å². The largest absolute Gasteiger partial charge is 0.395 e. The van der Waals surface area contributed by atoms with Gasteiger partial charge in [0.2, 0.25) is 0 Å². The molecule has 94 valence electrons. The van der Waals surface area contributed by atoms with Crippen LogP contribution in [0.25, 0.3) is 0 Å². The van der Waals surface area contributed by atoms with Crippen LogP contribution in [0.1, 0.15) is 24.3 Å². The van der Waals surface area contributed by atoms with Crippen LogP contribution in [-0.4, -0.2) is 42.3 Å². The van der Waals surface area contributed by atoms with Crippen molar-refractivity contribution in [2.24, 2.45) is 5.73 Å². The zero-order valence-corrected chi connectivity index (χ0v) is 10.3. The Hall–Kier alpha value is -0.900. The maximum absolute atomic E-state index is 8.90. The van der Waals surface area contributed by atoms with E-state index >= 15 is 0 Å². The first-order chi connectivity index (χ1) is 8.29. The molecule has 1 aromatic carbocycles. The van der Waals surface area contributed by atoms with Crippen LogP contribution < -0.4 is 5.73 Å². The standard InChI is InChI=1S/C14H22N2O/c15-14(11-17)7-9-16-8-6-13(10-16)12-4-2-1-3-5-12/h1-5,13-14,17H,6-11,15H2. The molecule has 1 saturated heterocycles. The SMILES string of the molecule is NC(CO)CCN1CCC(c2ccccc2)C1. The second-order valence-electron chi connectivity index (χ2n) is 4.93. The molecular formula is C14H22N2O. The number of aliphatic hydroxyl groups is 1. The second-order valence-corrected chi connectivity index (χ2v) is 4.93. The van der Waals surface area contributed by atoms with E-state index < -0.39 is 0 Å². The van der Waals surface area contributed by atoms with Crippen molar-refractivity contribution in [1.82, 2.24) is 4.90 Å². The first-order valence-corrected chi connectivity index (χ1v) is 6.43. The van der Waals surface area contributed by atoms with Gasteiger partial charge < -0.3 is 15.7 Å². The summed E-state index contributed by atoms with van der Waals surface area (Å²) in [6.45, 7) is 3.38. The molecule has 0 spiro atoms. The molecule has 1 aliphatic heterocycles. The summed E-state index contributed by atoms with van der Waals surface area (Å²) in [4.78, 5) is 2.45. The highest BCUT2D eigenvalue weighted by Crippen LogP contribution is 2.26. The highest BCUT2D eigenvalue weighted by molar-refractivity contribution is 5.20. The molecule has 1 aromatic rings. The summed E-state index contributed by atoms with van der Waals surface area (Å²) in [6.07, 6.45) is 2.12. The molecule has 0 amide bonds. The lowest BCUT2D eigenvalue weighted by molar-refractivity contribution is 0.239. The number of nitrogens with zero attached hydrogens (tertiary/aromatic N) is 1. The smallest absolute Gasteiger partial charge is 0.0583 e. The number of benzene rings is 1. The van der Waals surface area contributed by atoms with Crippen molar-refractivity contribution in [3.63, 3.8) is 0 Å². The van der Waals surface area contributed by atoms with Gasteiger partial charge in [0.25, 0.3) is 0 Å². The highest BCUT2D eigenvalue weighted by Gasteiger charge is 2.23. The maximum atomic E-state index is 8.90. The monoisotopic (exact) mass is 234 g/mol. The van der Waals surface area contributed by atoms with Crippen LogP contribution >= 0.6 is 0 Å². The van der Waals surface area contributed by atoms with Crippen molar-refractivity contribution in [2.45, 2.75) is 24.8 Å². The average molecular weight is 234 g/mol. The Morgan fingerprint density at radius 3 is 2.82 bits per heavy atom. The third-order valence-corrected chi connectivity index (χ3v) is 3.59.